The van der Waals surface area contributed by atoms with E-state index in [4.69, 9.17) is 9.47 Å². The van der Waals surface area contributed by atoms with Gasteiger partial charge in [0.2, 0.25) is 5.91 Å². The van der Waals surface area contributed by atoms with Crippen molar-refractivity contribution >= 4 is 5.91 Å². The third kappa shape index (κ3) is 3.20. The molecule has 0 aromatic carbocycles. The van der Waals surface area contributed by atoms with Crippen molar-refractivity contribution in [1.29, 1.82) is 0 Å². The Bertz CT molecular complexity index is 559. The summed E-state index contributed by atoms with van der Waals surface area (Å²) in [6, 6.07) is 4.12. The van der Waals surface area contributed by atoms with Crippen molar-refractivity contribution in [2.75, 3.05) is 13.2 Å². The molecule has 0 radical (unpaired) electrons. The largest absolute Gasteiger partial charge is 0.374 e. The molecule has 2 saturated carbocycles. The molecule has 3 aliphatic rings. The third-order valence-corrected chi connectivity index (χ3v) is 5.74. The van der Waals surface area contributed by atoms with Gasteiger partial charge in [0.25, 0.3) is 0 Å². The van der Waals surface area contributed by atoms with Crippen LogP contribution in [-0.4, -0.2) is 47.2 Å². The van der Waals surface area contributed by atoms with E-state index in [1.54, 1.807) is 12.4 Å². The van der Waals surface area contributed by atoms with Crippen LogP contribution in [0.15, 0.2) is 24.5 Å². The van der Waals surface area contributed by atoms with Gasteiger partial charge in [-0.05, 0) is 43.4 Å². The molecule has 3 unspecified atom stereocenters. The fraction of sp³-hybridized carbons (Fsp3) is 0.684. The van der Waals surface area contributed by atoms with Gasteiger partial charge in [-0.3, -0.25) is 9.78 Å². The first-order valence-corrected chi connectivity index (χ1v) is 9.25. The number of rotatable bonds is 4. The number of hydrogen-bond acceptors (Lipinski definition) is 4. The minimum absolute atomic E-state index is 0.00832. The fourth-order valence-electron chi connectivity index (χ4n) is 4.46. The Morgan fingerprint density at radius 1 is 1.21 bits per heavy atom. The zero-order valence-electron chi connectivity index (χ0n) is 14.1. The number of nitrogens with zero attached hydrogens (tertiary/aromatic N) is 2. The Hall–Kier alpha value is -1.46. The van der Waals surface area contributed by atoms with Gasteiger partial charge in [-0.2, -0.15) is 0 Å². The van der Waals surface area contributed by atoms with Gasteiger partial charge in [-0.25, -0.2) is 0 Å². The van der Waals surface area contributed by atoms with Crippen molar-refractivity contribution in [2.45, 2.75) is 63.4 Å². The Balaban J connectivity index is 1.46. The molecule has 4 rings (SSSR count). The number of carbonyl (C=O) groups is 1. The number of amides is 1. The SMILES string of the molecule is O=C(C1CCCC1)N1CCOC2CCC1C2OCc1ccncc1. The summed E-state index contributed by atoms with van der Waals surface area (Å²) < 4.78 is 12.2. The highest BCUT2D eigenvalue weighted by Crippen LogP contribution is 2.35. The average Bonchev–Trinajstić information content (AvgIpc) is 3.22. The maximum Gasteiger partial charge on any atom is 0.226 e. The van der Waals surface area contributed by atoms with Crippen molar-refractivity contribution in [2.24, 2.45) is 5.92 Å². The van der Waals surface area contributed by atoms with Crippen LogP contribution in [-0.2, 0) is 20.9 Å². The minimum atomic E-state index is -0.00832. The predicted molar refractivity (Wildman–Crippen MR) is 89.2 cm³/mol. The van der Waals surface area contributed by atoms with Crippen LogP contribution in [0.5, 0.6) is 0 Å². The minimum Gasteiger partial charge on any atom is -0.374 e. The van der Waals surface area contributed by atoms with E-state index in [1.807, 2.05) is 12.1 Å². The second-order valence-electron chi connectivity index (χ2n) is 7.20. The number of pyridine rings is 1. The molecule has 0 spiro atoms. The molecule has 2 aliphatic carbocycles. The molecule has 1 saturated heterocycles. The summed E-state index contributed by atoms with van der Waals surface area (Å²) in [5.41, 5.74) is 1.11. The lowest BCUT2D eigenvalue weighted by molar-refractivity contribution is -0.140. The number of carbonyl (C=O) groups excluding carboxylic acids is 1. The molecule has 0 N–H and O–H groups in total. The molecule has 1 amide bonds. The van der Waals surface area contributed by atoms with Gasteiger partial charge < -0.3 is 14.4 Å². The van der Waals surface area contributed by atoms with Gasteiger partial charge >= 0.3 is 0 Å². The van der Waals surface area contributed by atoms with Gasteiger partial charge in [-0.15, -0.1) is 0 Å². The summed E-state index contributed by atoms with van der Waals surface area (Å²) in [5, 5.41) is 0. The van der Waals surface area contributed by atoms with Crippen LogP contribution in [0.2, 0.25) is 0 Å². The van der Waals surface area contributed by atoms with E-state index in [9.17, 15) is 4.79 Å². The molecule has 130 valence electrons. The highest BCUT2D eigenvalue weighted by molar-refractivity contribution is 5.79. The van der Waals surface area contributed by atoms with E-state index in [2.05, 4.69) is 9.88 Å². The summed E-state index contributed by atoms with van der Waals surface area (Å²) in [6.45, 7) is 1.90. The molecule has 1 aromatic rings. The van der Waals surface area contributed by atoms with E-state index >= 15 is 0 Å². The Morgan fingerprint density at radius 3 is 2.79 bits per heavy atom. The van der Waals surface area contributed by atoms with E-state index in [0.717, 1.165) is 31.2 Å². The molecular weight excluding hydrogens is 304 g/mol. The topological polar surface area (TPSA) is 51.7 Å². The van der Waals surface area contributed by atoms with Crippen molar-refractivity contribution in [1.82, 2.24) is 9.88 Å². The van der Waals surface area contributed by atoms with Crippen LogP contribution in [0.25, 0.3) is 0 Å². The monoisotopic (exact) mass is 330 g/mol. The fourth-order valence-corrected chi connectivity index (χ4v) is 4.46. The predicted octanol–water partition coefficient (Wildman–Crippen LogP) is 2.55. The van der Waals surface area contributed by atoms with Crippen LogP contribution in [0.3, 0.4) is 0 Å². The lowest BCUT2D eigenvalue weighted by Crippen LogP contribution is -2.48. The van der Waals surface area contributed by atoms with Gasteiger partial charge in [0.05, 0.1) is 25.4 Å². The standard InChI is InChI=1S/C19H26N2O3/c22-19(15-3-1-2-4-15)21-11-12-23-17-6-5-16(21)18(17)24-13-14-7-9-20-10-8-14/h7-10,15-18H,1-6,11-13H2. The highest BCUT2D eigenvalue weighted by Gasteiger charge is 2.45. The normalized spacial score (nSPS) is 30.5. The first-order valence-electron chi connectivity index (χ1n) is 9.25. The van der Waals surface area contributed by atoms with Crippen molar-refractivity contribution in [3.8, 4) is 0 Å². The van der Waals surface area contributed by atoms with E-state index in [0.29, 0.717) is 25.7 Å². The number of ether oxygens (including phenoxy) is 2. The summed E-state index contributed by atoms with van der Waals surface area (Å²) in [5.74, 6) is 0.559. The summed E-state index contributed by atoms with van der Waals surface area (Å²) >= 11 is 0. The first-order chi connectivity index (χ1) is 11.8. The average molecular weight is 330 g/mol. The van der Waals surface area contributed by atoms with E-state index < -0.39 is 0 Å². The molecule has 3 fully saturated rings. The summed E-state index contributed by atoms with van der Waals surface area (Å²) in [7, 11) is 0. The zero-order valence-corrected chi connectivity index (χ0v) is 14.1. The highest BCUT2D eigenvalue weighted by atomic mass is 16.5. The molecule has 2 bridgehead atoms. The second-order valence-corrected chi connectivity index (χ2v) is 7.20. The van der Waals surface area contributed by atoms with Gasteiger partial charge in [0, 0.05) is 24.9 Å². The Labute approximate surface area is 143 Å². The molecule has 3 atom stereocenters. The Kier molecular flexibility index (Phi) is 4.81. The number of hydrogen-bond donors (Lipinski definition) is 0. The lowest BCUT2D eigenvalue weighted by Gasteiger charge is -2.33. The third-order valence-electron chi connectivity index (χ3n) is 5.74. The smallest absolute Gasteiger partial charge is 0.226 e. The van der Waals surface area contributed by atoms with Gasteiger partial charge in [-0.1, -0.05) is 12.8 Å². The molecule has 24 heavy (non-hydrogen) atoms. The van der Waals surface area contributed by atoms with Crippen LogP contribution in [0.1, 0.15) is 44.1 Å². The molecule has 5 nitrogen and oxygen atoms in total. The summed E-state index contributed by atoms with van der Waals surface area (Å²) in [6.07, 6.45) is 10.1. The van der Waals surface area contributed by atoms with Gasteiger partial charge in [0.1, 0.15) is 6.10 Å². The van der Waals surface area contributed by atoms with Crippen LogP contribution < -0.4 is 0 Å². The molecule has 1 aliphatic heterocycles. The quantitative estimate of drug-likeness (QED) is 0.851. The van der Waals surface area contributed by atoms with E-state index in [-0.39, 0.29) is 24.2 Å². The molecule has 2 heterocycles. The maximum atomic E-state index is 13.0. The van der Waals surface area contributed by atoms with Crippen LogP contribution in [0, 0.1) is 5.92 Å². The number of fused-ring (bicyclic) bond motifs is 2. The molecule has 5 heteroatoms. The first kappa shape index (κ1) is 16.0. The maximum absolute atomic E-state index is 13.0. The van der Waals surface area contributed by atoms with Crippen LogP contribution >= 0.6 is 0 Å². The zero-order chi connectivity index (χ0) is 16.4. The van der Waals surface area contributed by atoms with Crippen molar-refractivity contribution in [3.05, 3.63) is 30.1 Å². The molecular formula is C19H26N2O3. The Morgan fingerprint density at radius 2 is 2.00 bits per heavy atom. The lowest BCUT2D eigenvalue weighted by atomic mass is 10.0. The summed E-state index contributed by atoms with van der Waals surface area (Å²) in [4.78, 5) is 19.1. The number of aromatic nitrogens is 1. The van der Waals surface area contributed by atoms with Crippen molar-refractivity contribution < 1.29 is 14.3 Å². The second kappa shape index (κ2) is 7.19. The van der Waals surface area contributed by atoms with Crippen molar-refractivity contribution in [3.63, 3.8) is 0 Å². The molecule has 1 aromatic heterocycles. The van der Waals surface area contributed by atoms with Crippen LogP contribution in [0.4, 0.5) is 0 Å². The van der Waals surface area contributed by atoms with Gasteiger partial charge in [0.15, 0.2) is 0 Å². The van der Waals surface area contributed by atoms with E-state index in [1.165, 1.54) is 12.8 Å².